The van der Waals surface area contributed by atoms with Crippen LogP contribution in [0.1, 0.15) is 0 Å². The molecule has 2 heterocycles. The van der Waals surface area contributed by atoms with Gasteiger partial charge in [0, 0.05) is 24.1 Å². The number of rotatable bonds is 6. The summed E-state index contributed by atoms with van der Waals surface area (Å²) in [6.45, 7) is 0. The predicted molar refractivity (Wildman–Crippen MR) is 105 cm³/mol. The topological polar surface area (TPSA) is 86.1 Å². The largest absolute Gasteiger partial charge is 0.439 e. The van der Waals surface area contributed by atoms with Crippen LogP contribution in [-0.4, -0.2) is 23.0 Å². The maximum absolute atomic E-state index is 13.0. The van der Waals surface area contributed by atoms with Crippen LogP contribution in [0.5, 0.6) is 11.6 Å². The summed E-state index contributed by atoms with van der Waals surface area (Å²) in [5, 5.41) is 0. The van der Waals surface area contributed by atoms with Gasteiger partial charge < -0.3 is 9.30 Å². The van der Waals surface area contributed by atoms with Crippen LogP contribution in [0.4, 0.5) is 10.1 Å². The van der Waals surface area contributed by atoms with Crippen molar-refractivity contribution in [2.45, 2.75) is 4.90 Å². The van der Waals surface area contributed by atoms with Gasteiger partial charge in [0.2, 0.25) is 5.88 Å². The molecule has 7 nitrogen and oxygen atoms in total. The lowest BCUT2D eigenvalue weighted by atomic mass is 10.3. The first-order valence-electron chi connectivity index (χ1n) is 8.51. The molecule has 0 fully saturated rings. The van der Waals surface area contributed by atoms with Gasteiger partial charge in [-0.1, -0.05) is 0 Å². The van der Waals surface area contributed by atoms with E-state index < -0.39 is 15.8 Å². The van der Waals surface area contributed by atoms with Crippen molar-refractivity contribution in [2.75, 3.05) is 4.72 Å². The molecule has 2 aromatic heterocycles. The summed E-state index contributed by atoms with van der Waals surface area (Å²) in [4.78, 5) is 8.24. The molecule has 4 aromatic rings. The smallest absolute Gasteiger partial charge is 0.261 e. The molecule has 1 N–H and O–H groups in total. The van der Waals surface area contributed by atoms with E-state index in [0.717, 1.165) is 12.1 Å². The second-order valence-electron chi connectivity index (χ2n) is 5.99. The van der Waals surface area contributed by atoms with Crippen molar-refractivity contribution in [1.82, 2.24) is 14.5 Å². The number of nitrogens with zero attached hydrogens (tertiary/aromatic N) is 3. The number of halogens is 1. The fourth-order valence-electron chi connectivity index (χ4n) is 2.55. The van der Waals surface area contributed by atoms with Crippen LogP contribution in [0, 0.1) is 5.82 Å². The Hall–Kier alpha value is -3.72. The van der Waals surface area contributed by atoms with Gasteiger partial charge in [0.1, 0.15) is 23.7 Å². The summed E-state index contributed by atoms with van der Waals surface area (Å²) in [5.74, 6) is 0.981. The Labute approximate surface area is 166 Å². The Morgan fingerprint density at radius 3 is 2.31 bits per heavy atom. The van der Waals surface area contributed by atoms with Crippen LogP contribution in [0.25, 0.3) is 5.82 Å². The maximum atomic E-state index is 13.0. The fourth-order valence-corrected chi connectivity index (χ4v) is 3.61. The predicted octanol–water partition coefficient (Wildman–Crippen LogP) is 4.00. The molecule has 29 heavy (non-hydrogen) atoms. The summed E-state index contributed by atoms with van der Waals surface area (Å²) in [7, 11) is -3.81. The highest BCUT2D eigenvalue weighted by Gasteiger charge is 2.14. The lowest BCUT2D eigenvalue weighted by molar-refractivity contribution is 0.461. The Morgan fingerprint density at radius 2 is 1.62 bits per heavy atom. The molecule has 0 saturated carbocycles. The first-order chi connectivity index (χ1) is 14.0. The van der Waals surface area contributed by atoms with Crippen molar-refractivity contribution >= 4 is 15.7 Å². The fraction of sp³-hybridized carbons (Fsp3) is 0. The van der Waals surface area contributed by atoms with Crippen molar-refractivity contribution in [3.05, 3.63) is 91.3 Å². The van der Waals surface area contributed by atoms with E-state index in [4.69, 9.17) is 4.74 Å². The highest BCUT2D eigenvalue weighted by atomic mass is 32.2. The van der Waals surface area contributed by atoms with Crippen LogP contribution in [0.15, 0.2) is 90.3 Å². The average molecular weight is 410 g/mol. The molecule has 0 spiro atoms. The van der Waals surface area contributed by atoms with E-state index in [2.05, 4.69) is 14.7 Å². The molecular formula is C20H15FN4O3S. The van der Waals surface area contributed by atoms with Crippen molar-refractivity contribution < 1.29 is 17.5 Å². The first-order valence-corrected chi connectivity index (χ1v) is 10.00. The third-order valence-corrected chi connectivity index (χ3v) is 5.35. The normalized spacial score (nSPS) is 11.2. The van der Waals surface area contributed by atoms with E-state index >= 15 is 0 Å². The molecule has 0 aliphatic carbocycles. The monoisotopic (exact) mass is 410 g/mol. The minimum atomic E-state index is -3.81. The highest BCUT2D eigenvalue weighted by molar-refractivity contribution is 7.92. The molecule has 0 unspecified atom stereocenters. The van der Waals surface area contributed by atoms with Gasteiger partial charge in [-0.2, -0.15) is 0 Å². The number of sulfonamides is 1. The SMILES string of the molecule is O=S(=O)(Nc1ccc(Oc2cc(-n3cccc3)ncn2)cc1)c1ccc(F)cc1. The van der Waals surface area contributed by atoms with Gasteiger partial charge in [-0.15, -0.1) is 0 Å². The molecule has 0 radical (unpaired) electrons. The molecule has 0 bridgehead atoms. The zero-order chi connectivity index (χ0) is 20.3. The number of aromatic nitrogens is 3. The Bertz CT molecular complexity index is 1210. The summed E-state index contributed by atoms with van der Waals surface area (Å²) in [6, 6.07) is 16.4. The second-order valence-corrected chi connectivity index (χ2v) is 7.67. The first kappa shape index (κ1) is 18.6. The highest BCUT2D eigenvalue weighted by Crippen LogP contribution is 2.24. The van der Waals surface area contributed by atoms with Gasteiger partial charge >= 0.3 is 0 Å². The lowest BCUT2D eigenvalue weighted by Crippen LogP contribution is -2.12. The van der Waals surface area contributed by atoms with E-state index in [1.807, 2.05) is 29.1 Å². The van der Waals surface area contributed by atoms with Crippen LogP contribution in [-0.2, 0) is 10.0 Å². The number of anilines is 1. The van der Waals surface area contributed by atoms with Gasteiger partial charge in [0.05, 0.1) is 4.90 Å². The zero-order valence-corrected chi connectivity index (χ0v) is 15.8. The minimum absolute atomic E-state index is 0.0299. The van der Waals surface area contributed by atoms with Crippen molar-refractivity contribution in [3.63, 3.8) is 0 Å². The number of hydrogen-bond donors (Lipinski definition) is 1. The van der Waals surface area contributed by atoms with Crippen LogP contribution >= 0.6 is 0 Å². The quantitative estimate of drug-likeness (QED) is 0.519. The minimum Gasteiger partial charge on any atom is -0.439 e. The molecule has 0 atom stereocenters. The molecule has 0 saturated heterocycles. The van der Waals surface area contributed by atoms with Gasteiger partial charge in [0.15, 0.2) is 0 Å². The zero-order valence-electron chi connectivity index (χ0n) is 14.9. The second kappa shape index (κ2) is 7.72. The third-order valence-electron chi connectivity index (χ3n) is 3.95. The Kier molecular flexibility index (Phi) is 4.96. The molecule has 146 valence electrons. The van der Waals surface area contributed by atoms with E-state index in [9.17, 15) is 12.8 Å². The molecule has 0 aliphatic heterocycles. The Morgan fingerprint density at radius 1 is 0.931 bits per heavy atom. The van der Waals surface area contributed by atoms with E-state index in [0.29, 0.717) is 23.1 Å². The molecule has 9 heteroatoms. The Balaban J connectivity index is 1.47. The van der Waals surface area contributed by atoms with Gasteiger partial charge in [-0.3, -0.25) is 4.72 Å². The van der Waals surface area contributed by atoms with Gasteiger partial charge in [-0.05, 0) is 60.7 Å². The van der Waals surface area contributed by atoms with Crippen LogP contribution < -0.4 is 9.46 Å². The number of benzene rings is 2. The van der Waals surface area contributed by atoms with Gasteiger partial charge in [-0.25, -0.2) is 22.8 Å². The standard InChI is InChI=1S/C20H15FN4O3S/c21-15-3-9-18(10-4-15)29(26,27)24-16-5-7-17(8-6-16)28-20-13-19(22-14-23-20)25-11-1-2-12-25/h1-14,24H. The molecule has 0 amide bonds. The number of ether oxygens (including phenoxy) is 1. The summed E-state index contributed by atoms with van der Waals surface area (Å²) in [5.41, 5.74) is 0.345. The third kappa shape index (κ3) is 4.41. The summed E-state index contributed by atoms with van der Waals surface area (Å²) >= 11 is 0. The lowest BCUT2D eigenvalue weighted by Gasteiger charge is -2.10. The summed E-state index contributed by atoms with van der Waals surface area (Å²) in [6.07, 6.45) is 5.11. The van der Waals surface area contributed by atoms with Gasteiger partial charge in [0.25, 0.3) is 10.0 Å². The molecule has 2 aromatic carbocycles. The average Bonchev–Trinajstić information content (AvgIpc) is 3.25. The van der Waals surface area contributed by atoms with Crippen LogP contribution in [0.2, 0.25) is 0 Å². The van der Waals surface area contributed by atoms with E-state index in [1.54, 1.807) is 30.3 Å². The number of nitrogens with one attached hydrogen (secondary N) is 1. The van der Waals surface area contributed by atoms with Crippen LogP contribution in [0.3, 0.4) is 0 Å². The number of hydrogen-bond acceptors (Lipinski definition) is 5. The van der Waals surface area contributed by atoms with Crippen molar-refractivity contribution in [2.24, 2.45) is 0 Å². The van der Waals surface area contributed by atoms with E-state index in [-0.39, 0.29) is 4.90 Å². The van der Waals surface area contributed by atoms with E-state index in [1.165, 1.54) is 18.5 Å². The summed E-state index contributed by atoms with van der Waals surface area (Å²) < 4.78 is 47.7. The molecule has 0 aliphatic rings. The molecular weight excluding hydrogens is 395 g/mol. The maximum Gasteiger partial charge on any atom is 0.261 e. The molecule has 4 rings (SSSR count). The van der Waals surface area contributed by atoms with Crippen molar-refractivity contribution in [1.29, 1.82) is 0 Å². The van der Waals surface area contributed by atoms with Crippen molar-refractivity contribution in [3.8, 4) is 17.4 Å².